The fraction of sp³-hybridized carbons (Fsp3) is 0.143. The van der Waals surface area contributed by atoms with Gasteiger partial charge in [0.1, 0.15) is 0 Å². The molecule has 18 heavy (non-hydrogen) atoms. The fourth-order valence-corrected chi connectivity index (χ4v) is 2.49. The van der Waals surface area contributed by atoms with Gasteiger partial charge >= 0.3 is 6.18 Å². The Balaban J connectivity index is 2.39. The highest BCUT2D eigenvalue weighted by molar-refractivity contribution is 7.10. The largest absolute Gasteiger partial charge is 0.416 e. The van der Waals surface area contributed by atoms with Gasteiger partial charge in [-0.05, 0) is 28.6 Å². The first-order valence-corrected chi connectivity index (χ1v) is 6.08. The lowest BCUT2D eigenvalue weighted by atomic mass is 10.00. The maximum absolute atomic E-state index is 12.8. The predicted molar refractivity (Wildman–Crippen MR) is 66.5 cm³/mol. The molecule has 4 heteroatoms. The van der Waals surface area contributed by atoms with E-state index < -0.39 is 11.7 Å². The molecule has 0 radical (unpaired) electrons. The van der Waals surface area contributed by atoms with Gasteiger partial charge in [0.15, 0.2) is 0 Å². The summed E-state index contributed by atoms with van der Waals surface area (Å²) in [5.41, 5.74) is 0.415. The van der Waals surface area contributed by atoms with Gasteiger partial charge in [-0.3, -0.25) is 0 Å². The van der Waals surface area contributed by atoms with E-state index in [0.717, 1.165) is 11.6 Å². The number of benzene rings is 1. The van der Waals surface area contributed by atoms with E-state index in [9.17, 15) is 13.2 Å². The molecule has 0 aliphatic rings. The zero-order chi connectivity index (χ0) is 13.2. The molecule has 1 aromatic carbocycles. The first-order chi connectivity index (χ1) is 8.52. The van der Waals surface area contributed by atoms with Gasteiger partial charge in [-0.2, -0.15) is 13.2 Å². The Bertz CT molecular complexity index is 588. The molecule has 1 aromatic heterocycles. The number of terminal acetylenes is 1. The van der Waals surface area contributed by atoms with Crippen LogP contribution in [0, 0.1) is 12.3 Å². The van der Waals surface area contributed by atoms with E-state index in [1.54, 1.807) is 17.5 Å². The standard InChI is InChI=1S/C14H9F3S/c1-2-13-11(7-8-18-13)9-10-5-3-4-6-12(10)14(15,16)17/h1,3-8H,9H2. The maximum atomic E-state index is 12.8. The van der Waals surface area contributed by atoms with Crippen LogP contribution in [0.4, 0.5) is 13.2 Å². The molecule has 0 aliphatic heterocycles. The minimum atomic E-state index is -4.33. The summed E-state index contributed by atoms with van der Waals surface area (Å²) >= 11 is 1.36. The van der Waals surface area contributed by atoms with Crippen molar-refractivity contribution in [2.24, 2.45) is 0 Å². The molecule has 0 amide bonds. The van der Waals surface area contributed by atoms with Crippen molar-refractivity contribution in [3.63, 3.8) is 0 Å². The van der Waals surface area contributed by atoms with E-state index in [1.807, 2.05) is 0 Å². The average Bonchev–Trinajstić information content (AvgIpc) is 2.75. The van der Waals surface area contributed by atoms with E-state index >= 15 is 0 Å². The third-order valence-electron chi connectivity index (χ3n) is 2.58. The van der Waals surface area contributed by atoms with E-state index in [-0.39, 0.29) is 12.0 Å². The Kier molecular flexibility index (Phi) is 3.44. The summed E-state index contributed by atoms with van der Waals surface area (Å²) in [6.45, 7) is 0. The van der Waals surface area contributed by atoms with E-state index in [4.69, 9.17) is 6.42 Å². The highest BCUT2D eigenvalue weighted by Crippen LogP contribution is 2.33. The van der Waals surface area contributed by atoms with Crippen molar-refractivity contribution in [1.29, 1.82) is 0 Å². The third kappa shape index (κ3) is 2.57. The van der Waals surface area contributed by atoms with Crippen LogP contribution in [0.2, 0.25) is 0 Å². The molecule has 0 fully saturated rings. The first kappa shape index (κ1) is 12.7. The molecule has 92 valence electrons. The topological polar surface area (TPSA) is 0 Å². The number of hydrogen-bond donors (Lipinski definition) is 0. The van der Waals surface area contributed by atoms with Gasteiger partial charge in [-0.15, -0.1) is 17.8 Å². The van der Waals surface area contributed by atoms with Crippen LogP contribution in [0.15, 0.2) is 35.7 Å². The van der Waals surface area contributed by atoms with Crippen LogP contribution in [0.1, 0.15) is 21.6 Å². The van der Waals surface area contributed by atoms with Crippen LogP contribution < -0.4 is 0 Å². The van der Waals surface area contributed by atoms with Crippen molar-refractivity contribution in [3.8, 4) is 12.3 Å². The highest BCUT2D eigenvalue weighted by Gasteiger charge is 2.32. The summed E-state index contributed by atoms with van der Waals surface area (Å²) in [7, 11) is 0. The predicted octanol–water partition coefficient (Wildman–Crippen LogP) is 4.34. The van der Waals surface area contributed by atoms with E-state index in [0.29, 0.717) is 4.88 Å². The fourth-order valence-electron chi connectivity index (χ4n) is 1.76. The molecule has 0 unspecified atom stereocenters. The van der Waals surface area contributed by atoms with Gasteiger partial charge in [-0.25, -0.2) is 0 Å². The lowest BCUT2D eigenvalue weighted by Crippen LogP contribution is -2.09. The van der Waals surface area contributed by atoms with Crippen molar-refractivity contribution < 1.29 is 13.2 Å². The van der Waals surface area contributed by atoms with E-state index in [2.05, 4.69) is 5.92 Å². The van der Waals surface area contributed by atoms with Crippen LogP contribution in [0.5, 0.6) is 0 Å². The zero-order valence-electron chi connectivity index (χ0n) is 9.29. The number of thiophene rings is 1. The van der Waals surface area contributed by atoms with Gasteiger partial charge in [0.25, 0.3) is 0 Å². The van der Waals surface area contributed by atoms with Crippen LogP contribution >= 0.6 is 11.3 Å². The van der Waals surface area contributed by atoms with Gasteiger partial charge in [-0.1, -0.05) is 24.1 Å². The highest BCUT2D eigenvalue weighted by atomic mass is 32.1. The molecule has 0 nitrogen and oxygen atoms in total. The molecule has 0 atom stereocenters. The Hall–Kier alpha value is -1.73. The molecule has 0 bridgehead atoms. The van der Waals surface area contributed by atoms with E-state index in [1.165, 1.54) is 23.5 Å². The van der Waals surface area contributed by atoms with Crippen LogP contribution in [0.3, 0.4) is 0 Å². The summed E-state index contributed by atoms with van der Waals surface area (Å²) in [6.07, 6.45) is 1.19. The van der Waals surface area contributed by atoms with Gasteiger partial charge in [0.05, 0.1) is 10.4 Å². The minimum Gasteiger partial charge on any atom is -0.166 e. The summed E-state index contributed by atoms with van der Waals surface area (Å²) in [4.78, 5) is 0.687. The van der Waals surface area contributed by atoms with Crippen molar-refractivity contribution in [3.05, 3.63) is 57.3 Å². The second-order valence-corrected chi connectivity index (χ2v) is 4.67. The SMILES string of the molecule is C#Cc1sccc1Cc1ccccc1C(F)(F)F. The first-order valence-electron chi connectivity index (χ1n) is 5.20. The summed E-state index contributed by atoms with van der Waals surface area (Å²) in [6, 6.07) is 7.35. The monoisotopic (exact) mass is 266 g/mol. The van der Waals surface area contributed by atoms with Crippen molar-refractivity contribution >= 4 is 11.3 Å². The number of alkyl halides is 3. The average molecular weight is 266 g/mol. The minimum absolute atomic E-state index is 0.207. The Labute approximate surface area is 107 Å². The lowest BCUT2D eigenvalue weighted by Gasteiger charge is -2.12. The summed E-state index contributed by atoms with van der Waals surface area (Å²) in [5.74, 6) is 2.49. The zero-order valence-corrected chi connectivity index (χ0v) is 10.1. The van der Waals surface area contributed by atoms with Crippen LogP contribution in [-0.4, -0.2) is 0 Å². The second-order valence-electron chi connectivity index (χ2n) is 3.75. The van der Waals surface area contributed by atoms with Crippen molar-refractivity contribution in [2.75, 3.05) is 0 Å². The van der Waals surface area contributed by atoms with Crippen molar-refractivity contribution in [2.45, 2.75) is 12.6 Å². The lowest BCUT2D eigenvalue weighted by molar-refractivity contribution is -0.138. The molecule has 0 N–H and O–H groups in total. The molecule has 2 rings (SSSR count). The number of halogens is 3. The second kappa shape index (κ2) is 4.87. The molecule has 2 aromatic rings. The molecule has 1 heterocycles. The molecule has 0 aliphatic carbocycles. The molecular formula is C14H9F3S. The Morgan fingerprint density at radius 2 is 1.83 bits per heavy atom. The summed E-state index contributed by atoms with van der Waals surface area (Å²) in [5, 5.41) is 1.79. The quantitative estimate of drug-likeness (QED) is 0.709. The van der Waals surface area contributed by atoms with Gasteiger partial charge in [0.2, 0.25) is 0 Å². The maximum Gasteiger partial charge on any atom is 0.416 e. The number of hydrogen-bond acceptors (Lipinski definition) is 1. The van der Waals surface area contributed by atoms with Gasteiger partial charge < -0.3 is 0 Å². The smallest absolute Gasteiger partial charge is 0.166 e. The van der Waals surface area contributed by atoms with Crippen LogP contribution in [0.25, 0.3) is 0 Å². The number of rotatable bonds is 2. The van der Waals surface area contributed by atoms with Crippen molar-refractivity contribution in [1.82, 2.24) is 0 Å². The van der Waals surface area contributed by atoms with Crippen LogP contribution in [-0.2, 0) is 12.6 Å². The summed E-state index contributed by atoms with van der Waals surface area (Å²) < 4.78 is 38.5. The molecular weight excluding hydrogens is 257 g/mol. The Morgan fingerprint density at radius 1 is 1.11 bits per heavy atom. The third-order valence-corrected chi connectivity index (χ3v) is 3.47. The Morgan fingerprint density at radius 3 is 2.50 bits per heavy atom. The normalized spacial score (nSPS) is 11.2. The molecule has 0 spiro atoms. The van der Waals surface area contributed by atoms with Gasteiger partial charge in [0, 0.05) is 6.42 Å². The molecule has 0 saturated carbocycles. The molecule has 0 saturated heterocycles.